The second-order valence-corrected chi connectivity index (χ2v) is 6.73. The summed E-state index contributed by atoms with van der Waals surface area (Å²) in [5.74, 6) is 0. The molecule has 0 bridgehead atoms. The fraction of sp³-hybridized carbons (Fsp3) is 0.737. The first kappa shape index (κ1) is 17.2. The largest absolute Gasteiger partial charge is 0.293 e. The zero-order valence-corrected chi connectivity index (χ0v) is 13.8. The maximum absolute atomic E-state index is 4.90. The van der Waals surface area contributed by atoms with Crippen LogP contribution in [0.2, 0.25) is 0 Å². The number of hydrogen-bond acceptors (Lipinski definition) is 1. The first-order valence-electron chi connectivity index (χ1n) is 8.48. The molecule has 114 valence electrons. The molecule has 0 aromatic carbocycles. The summed E-state index contributed by atoms with van der Waals surface area (Å²) < 4.78 is 0. The van der Waals surface area contributed by atoms with Crippen LogP contribution in [0.1, 0.15) is 78.6 Å². The van der Waals surface area contributed by atoms with E-state index in [0.717, 1.165) is 12.8 Å². The topological polar surface area (TPSA) is 12.4 Å². The van der Waals surface area contributed by atoms with Gasteiger partial charge in [0.2, 0.25) is 0 Å². The molecule has 0 fully saturated rings. The molecule has 0 amide bonds. The van der Waals surface area contributed by atoms with E-state index in [1.165, 1.54) is 44.9 Å². The number of hydrogen-bond donors (Lipinski definition) is 0. The van der Waals surface area contributed by atoms with Crippen LogP contribution in [0.15, 0.2) is 29.3 Å². The predicted octanol–water partition coefficient (Wildman–Crippen LogP) is 6.11. The molecule has 0 spiro atoms. The Morgan fingerprint density at radius 3 is 2.50 bits per heavy atom. The number of allylic oxidation sites excluding steroid dienone is 3. The Bertz CT molecular complexity index is 323. The van der Waals surface area contributed by atoms with Crippen molar-refractivity contribution in [3.63, 3.8) is 0 Å². The van der Waals surface area contributed by atoms with Gasteiger partial charge in [-0.3, -0.25) is 4.99 Å². The summed E-state index contributed by atoms with van der Waals surface area (Å²) in [7, 11) is 0. The van der Waals surface area contributed by atoms with Crippen LogP contribution in [0.3, 0.4) is 0 Å². The third-order valence-electron chi connectivity index (χ3n) is 3.91. The minimum atomic E-state index is 0.196. The summed E-state index contributed by atoms with van der Waals surface area (Å²) in [6.07, 6.45) is 22.7. The van der Waals surface area contributed by atoms with E-state index in [-0.39, 0.29) is 5.41 Å². The van der Waals surface area contributed by atoms with Crippen molar-refractivity contribution in [1.29, 1.82) is 0 Å². The lowest BCUT2D eigenvalue weighted by Gasteiger charge is -2.19. The highest BCUT2D eigenvalue weighted by atomic mass is 14.8. The minimum Gasteiger partial charge on any atom is -0.293 e. The van der Waals surface area contributed by atoms with E-state index in [1.54, 1.807) is 0 Å². The maximum Gasteiger partial charge on any atom is 0.0530 e. The van der Waals surface area contributed by atoms with Gasteiger partial charge in [-0.15, -0.1) is 0 Å². The predicted molar refractivity (Wildman–Crippen MR) is 91.6 cm³/mol. The number of nitrogens with zero attached hydrogens (tertiary/aromatic N) is 1. The second-order valence-electron chi connectivity index (χ2n) is 6.73. The van der Waals surface area contributed by atoms with Gasteiger partial charge in [0.1, 0.15) is 0 Å². The van der Waals surface area contributed by atoms with Crippen LogP contribution in [-0.4, -0.2) is 12.3 Å². The molecule has 1 unspecified atom stereocenters. The molecule has 0 aromatic rings. The number of aliphatic imine (C=N–C) groups is 1. The quantitative estimate of drug-likeness (QED) is 0.424. The van der Waals surface area contributed by atoms with Gasteiger partial charge in [0.25, 0.3) is 0 Å². The molecule has 1 aliphatic heterocycles. The van der Waals surface area contributed by atoms with Gasteiger partial charge in [0, 0.05) is 11.6 Å². The van der Waals surface area contributed by atoms with Crippen LogP contribution in [0, 0.1) is 5.41 Å². The van der Waals surface area contributed by atoms with Crippen molar-refractivity contribution < 1.29 is 0 Å². The maximum atomic E-state index is 4.90. The van der Waals surface area contributed by atoms with Crippen molar-refractivity contribution in [3.05, 3.63) is 24.3 Å². The number of unbranched alkanes of at least 4 members (excludes halogenated alkanes) is 3. The fourth-order valence-corrected chi connectivity index (χ4v) is 2.49. The van der Waals surface area contributed by atoms with Gasteiger partial charge in [-0.2, -0.15) is 0 Å². The molecule has 1 heterocycles. The van der Waals surface area contributed by atoms with Crippen LogP contribution in [0.5, 0.6) is 0 Å². The standard InChI is InChI=1S/C19H33N/c1-4-5-6-11-14-18-15-12-9-7-8-10-13-16-19(2,3)17-20-18/h9-10,12-13,17-18H,4-8,11,14-16H2,1-3H3/b12-9+,13-10+,20-17+. The molecule has 0 aliphatic carbocycles. The molecule has 1 atom stereocenters. The van der Waals surface area contributed by atoms with E-state index in [2.05, 4.69) is 51.3 Å². The van der Waals surface area contributed by atoms with Gasteiger partial charge in [-0.1, -0.05) is 70.8 Å². The lowest BCUT2D eigenvalue weighted by Crippen LogP contribution is -2.15. The van der Waals surface area contributed by atoms with E-state index < -0.39 is 0 Å². The molecule has 1 aliphatic rings. The van der Waals surface area contributed by atoms with Crippen molar-refractivity contribution in [2.75, 3.05) is 0 Å². The summed E-state index contributed by atoms with van der Waals surface area (Å²) in [5.41, 5.74) is 0.196. The molecule has 0 radical (unpaired) electrons. The molecule has 20 heavy (non-hydrogen) atoms. The lowest BCUT2D eigenvalue weighted by molar-refractivity contribution is 0.520. The highest BCUT2D eigenvalue weighted by molar-refractivity contribution is 5.65. The normalized spacial score (nSPS) is 28.1. The third-order valence-corrected chi connectivity index (χ3v) is 3.91. The van der Waals surface area contributed by atoms with Gasteiger partial charge < -0.3 is 0 Å². The Balaban J connectivity index is 2.57. The fourth-order valence-electron chi connectivity index (χ4n) is 2.49. The van der Waals surface area contributed by atoms with Gasteiger partial charge in [-0.05, 0) is 32.1 Å². The van der Waals surface area contributed by atoms with E-state index in [0.29, 0.717) is 6.04 Å². The zero-order valence-electron chi connectivity index (χ0n) is 13.8. The molecular formula is C19H33N. The Labute approximate surface area is 126 Å². The first-order chi connectivity index (χ1) is 9.64. The van der Waals surface area contributed by atoms with Gasteiger partial charge in [-0.25, -0.2) is 0 Å². The summed E-state index contributed by atoms with van der Waals surface area (Å²) in [4.78, 5) is 4.90. The molecule has 0 saturated heterocycles. The first-order valence-corrected chi connectivity index (χ1v) is 8.48. The van der Waals surface area contributed by atoms with Crippen LogP contribution < -0.4 is 0 Å². The molecule has 0 aromatic heterocycles. The van der Waals surface area contributed by atoms with Gasteiger partial charge in [0.05, 0.1) is 6.04 Å². The molecule has 1 heteroatoms. The van der Waals surface area contributed by atoms with Crippen molar-refractivity contribution in [2.24, 2.45) is 10.4 Å². The molecule has 1 rings (SSSR count). The minimum absolute atomic E-state index is 0.196. The van der Waals surface area contributed by atoms with E-state index in [9.17, 15) is 0 Å². The third kappa shape index (κ3) is 8.35. The summed E-state index contributed by atoms with van der Waals surface area (Å²) in [5, 5.41) is 0. The van der Waals surface area contributed by atoms with Crippen LogP contribution in [-0.2, 0) is 0 Å². The average Bonchev–Trinajstić information content (AvgIpc) is 2.41. The van der Waals surface area contributed by atoms with Gasteiger partial charge >= 0.3 is 0 Å². The van der Waals surface area contributed by atoms with Gasteiger partial charge in [0.15, 0.2) is 0 Å². The summed E-state index contributed by atoms with van der Waals surface area (Å²) in [6, 6.07) is 0.491. The monoisotopic (exact) mass is 275 g/mol. The van der Waals surface area contributed by atoms with Crippen LogP contribution >= 0.6 is 0 Å². The SMILES string of the molecule is CCCCCCC1C/C=C/CC/C=C/CC(C)(C)/C=N/1. The van der Waals surface area contributed by atoms with Crippen LogP contribution in [0.25, 0.3) is 0 Å². The van der Waals surface area contributed by atoms with E-state index >= 15 is 0 Å². The molecular weight excluding hydrogens is 242 g/mol. The highest BCUT2D eigenvalue weighted by Gasteiger charge is 2.14. The second kappa shape index (κ2) is 9.96. The van der Waals surface area contributed by atoms with Crippen molar-refractivity contribution in [2.45, 2.75) is 84.6 Å². The van der Waals surface area contributed by atoms with Crippen molar-refractivity contribution in [3.8, 4) is 0 Å². The average molecular weight is 275 g/mol. The van der Waals surface area contributed by atoms with Crippen LogP contribution in [0.4, 0.5) is 0 Å². The van der Waals surface area contributed by atoms with E-state index in [4.69, 9.17) is 4.99 Å². The Morgan fingerprint density at radius 2 is 1.75 bits per heavy atom. The summed E-state index contributed by atoms with van der Waals surface area (Å²) in [6.45, 7) is 6.85. The Morgan fingerprint density at radius 1 is 1.00 bits per heavy atom. The molecule has 1 nitrogen and oxygen atoms in total. The lowest BCUT2D eigenvalue weighted by atomic mass is 9.90. The highest BCUT2D eigenvalue weighted by Crippen LogP contribution is 2.21. The Hall–Kier alpha value is -0.850. The van der Waals surface area contributed by atoms with E-state index in [1.807, 2.05) is 0 Å². The molecule has 0 N–H and O–H groups in total. The molecule has 0 saturated carbocycles. The summed E-state index contributed by atoms with van der Waals surface area (Å²) >= 11 is 0. The number of rotatable bonds is 5. The van der Waals surface area contributed by atoms with Crippen molar-refractivity contribution >= 4 is 6.21 Å². The Kier molecular flexibility index (Phi) is 8.57. The van der Waals surface area contributed by atoms with Crippen molar-refractivity contribution in [1.82, 2.24) is 0 Å². The zero-order chi connectivity index (χ0) is 14.7. The smallest absolute Gasteiger partial charge is 0.0530 e.